The number of benzene rings is 3. The number of allylic oxidation sites excluding steroid dienone is 1. The molecule has 2 aliphatic rings. The number of hydrogen-bond acceptors (Lipinski definition) is 1. The third-order valence-corrected chi connectivity index (χ3v) is 6.09. The minimum Gasteiger partial charge on any atom is -0.0892 e. The molecular formula is C21H16S. The zero-order valence-electron chi connectivity index (χ0n) is 12.5. The molecule has 0 bridgehead atoms. The average molecular weight is 300 g/mol. The summed E-state index contributed by atoms with van der Waals surface area (Å²) in [5.41, 5.74) is 7.23. The molecule has 5 rings (SSSR count). The first-order chi connectivity index (χ1) is 10.8. The minimum absolute atomic E-state index is 1.06. The average Bonchev–Trinajstić information content (AvgIpc) is 2.54. The Labute approximate surface area is 134 Å². The van der Waals surface area contributed by atoms with Crippen LogP contribution in [0.3, 0.4) is 0 Å². The molecule has 0 amide bonds. The summed E-state index contributed by atoms with van der Waals surface area (Å²) in [5, 5.41) is 2.86. The maximum atomic E-state index is 2.41. The van der Waals surface area contributed by atoms with Gasteiger partial charge in [-0.15, -0.1) is 0 Å². The van der Waals surface area contributed by atoms with Crippen LogP contribution in [-0.4, -0.2) is 0 Å². The van der Waals surface area contributed by atoms with E-state index in [0.29, 0.717) is 0 Å². The highest BCUT2D eigenvalue weighted by molar-refractivity contribution is 7.99. The Morgan fingerprint density at radius 1 is 1.00 bits per heavy atom. The van der Waals surface area contributed by atoms with Gasteiger partial charge in [-0.25, -0.2) is 0 Å². The molecule has 1 aliphatic heterocycles. The van der Waals surface area contributed by atoms with Gasteiger partial charge in [0.1, 0.15) is 0 Å². The van der Waals surface area contributed by atoms with Crippen molar-refractivity contribution >= 4 is 28.6 Å². The van der Waals surface area contributed by atoms with Gasteiger partial charge < -0.3 is 0 Å². The topological polar surface area (TPSA) is 0 Å². The van der Waals surface area contributed by atoms with Crippen molar-refractivity contribution < 1.29 is 0 Å². The van der Waals surface area contributed by atoms with Crippen LogP contribution in [0, 0.1) is 6.92 Å². The molecule has 0 unspecified atom stereocenters. The summed E-state index contributed by atoms with van der Waals surface area (Å²) in [6.45, 7) is 2.18. The van der Waals surface area contributed by atoms with Crippen LogP contribution in [-0.2, 0) is 12.8 Å². The van der Waals surface area contributed by atoms with Gasteiger partial charge in [-0.05, 0) is 64.9 Å². The zero-order valence-corrected chi connectivity index (χ0v) is 13.3. The summed E-state index contributed by atoms with van der Waals surface area (Å²) in [7, 11) is 0. The van der Waals surface area contributed by atoms with Crippen molar-refractivity contribution in [2.75, 3.05) is 0 Å². The standard InChI is InChI=1S/C21H16S/c1-13-8-9-19-16(10-13)12-17-11-15-6-2-4-14-5-3-7-18(20(14)15)21(17)22-19/h2-6,8-11H,7,12H2,1H3. The van der Waals surface area contributed by atoms with Crippen LogP contribution in [0.15, 0.2) is 58.3 Å². The minimum atomic E-state index is 1.06. The Morgan fingerprint density at radius 2 is 1.95 bits per heavy atom. The summed E-state index contributed by atoms with van der Waals surface area (Å²) in [6.07, 6.45) is 6.70. The smallest absolute Gasteiger partial charge is 0.0199 e. The second-order valence-corrected chi connectivity index (χ2v) is 7.34. The molecular weight excluding hydrogens is 284 g/mol. The lowest BCUT2D eigenvalue weighted by Crippen LogP contribution is -2.05. The van der Waals surface area contributed by atoms with Gasteiger partial charge in [-0.2, -0.15) is 0 Å². The SMILES string of the molecule is Cc1ccc2c(c1)Cc1cc3cccc4c3c(c1S2)CC=C4. The fraction of sp³-hybridized carbons (Fsp3) is 0.143. The molecule has 0 aromatic heterocycles. The number of hydrogen-bond donors (Lipinski definition) is 0. The van der Waals surface area contributed by atoms with Gasteiger partial charge in [-0.1, -0.05) is 59.8 Å². The number of rotatable bonds is 0. The van der Waals surface area contributed by atoms with E-state index in [-0.39, 0.29) is 0 Å². The molecule has 3 aromatic rings. The van der Waals surface area contributed by atoms with Gasteiger partial charge in [0.05, 0.1) is 0 Å². The second kappa shape index (κ2) is 4.50. The van der Waals surface area contributed by atoms with Crippen molar-refractivity contribution in [2.45, 2.75) is 29.6 Å². The molecule has 0 radical (unpaired) electrons. The summed E-state index contributed by atoms with van der Waals surface area (Å²) in [4.78, 5) is 2.93. The largest absolute Gasteiger partial charge is 0.0892 e. The molecule has 0 atom stereocenters. The van der Waals surface area contributed by atoms with Crippen molar-refractivity contribution in [3.05, 3.63) is 76.4 Å². The Morgan fingerprint density at radius 3 is 2.91 bits per heavy atom. The molecule has 1 heteroatoms. The van der Waals surface area contributed by atoms with E-state index < -0.39 is 0 Å². The van der Waals surface area contributed by atoms with Crippen LogP contribution in [0.25, 0.3) is 16.8 Å². The van der Waals surface area contributed by atoms with E-state index in [9.17, 15) is 0 Å². The maximum Gasteiger partial charge on any atom is 0.0199 e. The van der Waals surface area contributed by atoms with E-state index in [1.54, 1.807) is 0 Å². The molecule has 3 aromatic carbocycles. The molecule has 0 spiro atoms. The third-order valence-electron chi connectivity index (χ3n) is 4.75. The van der Waals surface area contributed by atoms with E-state index in [4.69, 9.17) is 0 Å². The molecule has 1 heterocycles. The first kappa shape index (κ1) is 12.5. The lowest BCUT2D eigenvalue weighted by Gasteiger charge is -2.25. The normalized spacial score (nSPS) is 14.8. The van der Waals surface area contributed by atoms with Crippen LogP contribution < -0.4 is 0 Å². The van der Waals surface area contributed by atoms with Gasteiger partial charge in [0.2, 0.25) is 0 Å². The van der Waals surface area contributed by atoms with Crippen LogP contribution in [0.2, 0.25) is 0 Å². The lowest BCUT2D eigenvalue weighted by molar-refractivity contribution is 1.02. The van der Waals surface area contributed by atoms with Gasteiger partial charge >= 0.3 is 0 Å². The quantitative estimate of drug-likeness (QED) is 0.397. The van der Waals surface area contributed by atoms with E-state index in [2.05, 4.69) is 61.5 Å². The summed E-state index contributed by atoms with van der Waals surface area (Å²) in [5.74, 6) is 0. The highest BCUT2D eigenvalue weighted by Gasteiger charge is 2.22. The Bertz CT molecular complexity index is 963. The van der Waals surface area contributed by atoms with E-state index in [0.717, 1.165) is 12.8 Å². The predicted octanol–water partition coefficient (Wildman–Crippen LogP) is 5.77. The first-order valence-electron chi connectivity index (χ1n) is 7.81. The zero-order chi connectivity index (χ0) is 14.7. The molecule has 0 nitrogen and oxygen atoms in total. The Kier molecular flexibility index (Phi) is 2.57. The van der Waals surface area contributed by atoms with Crippen molar-refractivity contribution in [1.29, 1.82) is 0 Å². The van der Waals surface area contributed by atoms with Crippen LogP contribution in [0.5, 0.6) is 0 Å². The predicted molar refractivity (Wildman–Crippen MR) is 94.8 cm³/mol. The number of fused-ring (bicyclic) bond motifs is 3. The monoisotopic (exact) mass is 300 g/mol. The lowest BCUT2D eigenvalue weighted by atomic mass is 9.89. The number of aryl methyl sites for hydroxylation is 1. The molecule has 106 valence electrons. The summed E-state index contributed by atoms with van der Waals surface area (Å²) >= 11 is 1.97. The van der Waals surface area contributed by atoms with E-state index in [1.165, 1.54) is 48.4 Å². The van der Waals surface area contributed by atoms with E-state index in [1.807, 2.05) is 11.8 Å². The van der Waals surface area contributed by atoms with Gasteiger partial charge in [0.15, 0.2) is 0 Å². The highest BCUT2D eigenvalue weighted by atomic mass is 32.2. The van der Waals surface area contributed by atoms with Crippen molar-refractivity contribution in [3.8, 4) is 0 Å². The third kappa shape index (κ3) is 1.72. The van der Waals surface area contributed by atoms with Crippen LogP contribution in [0.4, 0.5) is 0 Å². The van der Waals surface area contributed by atoms with Crippen LogP contribution >= 0.6 is 11.8 Å². The van der Waals surface area contributed by atoms with Crippen molar-refractivity contribution in [1.82, 2.24) is 0 Å². The van der Waals surface area contributed by atoms with Crippen molar-refractivity contribution in [2.24, 2.45) is 0 Å². The van der Waals surface area contributed by atoms with Crippen LogP contribution in [0.1, 0.15) is 27.8 Å². The molecule has 0 saturated carbocycles. The fourth-order valence-corrected chi connectivity index (χ4v) is 4.96. The maximum absolute atomic E-state index is 2.41. The Hall–Kier alpha value is -1.99. The Balaban J connectivity index is 1.80. The van der Waals surface area contributed by atoms with E-state index >= 15 is 0 Å². The van der Waals surface area contributed by atoms with Crippen molar-refractivity contribution in [3.63, 3.8) is 0 Å². The van der Waals surface area contributed by atoms with Gasteiger partial charge in [0, 0.05) is 9.79 Å². The molecule has 0 saturated heterocycles. The fourth-order valence-electron chi connectivity index (χ4n) is 3.78. The summed E-state index contributed by atoms with van der Waals surface area (Å²) < 4.78 is 0. The first-order valence-corrected chi connectivity index (χ1v) is 8.63. The van der Waals surface area contributed by atoms with Gasteiger partial charge in [-0.3, -0.25) is 0 Å². The summed E-state index contributed by atoms with van der Waals surface area (Å²) in [6, 6.07) is 16.0. The molecule has 1 aliphatic carbocycles. The molecule has 0 fully saturated rings. The van der Waals surface area contributed by atoms with Gasteiger partial charge in [0.25, 0.3) is 0 Å². The molecule has 0 N–H and O–H groups in total. The highest BCUT2D eigenvalue weighted by Crippen LogP contribution is 2.46. The second-order valence-electron chi connectivity index (χ2n) is 6.29. The molecule has 22 heavy (non-hydrogen) atoms.